The maximum atomic E-state index is 12.9. The van der Waals surface area contributed by atoms with Gasteiger partial charge < -0.3 is 15.8 Å². The van der Waals surface area contributed by atoms with Gasteiger partial charge in [0.2, 0.25) is 5.91 Å². The summed E-state index contributed by atoms with van der Waals surface area (Å²) in [6, 6.07) is 6.84. The van der Waals surface area contributed by atoms with E-state index < -0.39 is 0 Å². The molecule has 2 rings (SSSR count). The number of methoxy groups -OCH3 is 1. The third-order valence-corrected chi connectivity index (χ3v) is 4.28. The second-order valence-corrected chi connectivity index (χ2v) is 6.04. The quantitative estimate of drug-likeness (QED) is 0.741. The SMILES string of the molecule is COC(CN)CC(=O)NC1CCN(Cc2ccc(F)cc2)CC1.Cl.Cl. The first-order chi connectivity index (χ1) is 11.1. The van der Waals surface area contributed by atoms with E-state index in [0.717, 1.165) is 38.0 Å². The smallest absolute Gasteiger partial charge is 0.222 e. The molecule has 1 saturated heterocycles. The molecule has 25 heavy (non-hydrogen) atoms. The summed E-state index contributed by atoms with van der Waals surface area (Å²) in [5, 5.41) is 3.06. The van der Waals surface area contributed by atoms with Crippen LogP contribution >= 0.6 is 24.8 Å². The van der Waals surface area contributed by atoms with E-state index in [4.69, 9.17) is 10.5 Å². The third kappa shape index (κ3) is 8.33. The molecule has 0 radical (unpaired) electrons. The summed E-state index contributed by atoms with van der Waals surface area (Å²) in [7, 11) is 1.57. The molecule has 8 heteroatoms. The highest BCUT2D eigenvalue weighted by Gasteiger charge is 2.21. The van der Waals surface area contributed by atoms with Gasteiger partial charge in [-0.25, -0.2) is 4.39 Å². The summed E-state index contributed by atoms with van der Waals surface area (Å²) in [6.07, 6.45) is 1.94. The van der Waals surface area contributed by atoms with Crippen LogP contribution in [0.5, 0.6) is 0 Å². The molecule has 0 aromatic heterocycles. The van der Waals surface area contributed by atoms with Gasteiger partial charge in [-0.15, -0.1) is 24.8 Å². The number of ether oxygens (including phenoxy) is 1. The second kappa shape index (κ2) is 12.4. The van der Waals surface area contributed by atoms with E-state index in [2.05, 4.69) is 10.2 Å². The molecule has 0 saturated carbocycles. The molecule has 1 heterocycles. The summed E-state index contributed by atoms with van der Waals surface area (Å²) in [6.45, 7) is 3.01. The number of nitrogens with zero attached hydrogens (tertiary/aromatic N) is 1. The molecule has 1 fully saturated rings. The highest BCUT2D eigenvalue weighted by Crippen LogP contribution is 2.14. The Morgan fingerprint density at radius 3 is 2.44 bits per heavy atom. The van der Waals surface area contributed by atoms with Gasteiger partial charge in [-0.05, 0) is 30.5 Å². The largest absolute Gasteiger partial charge is 0.380 e. The maximum absolute atomic E-state index is 12.9. The fourth-order valence-corrected chi connectivity index (χ4v) is 2.84. The predicted octanol–water partition coefficient (Wildman–Crippen LogP) is 2.11. The fourth-order valence-electron chi connectivity index (χ4n) is 2.84. The molecule has 3 N–H and O–H groups in total. The molecule has 5 nitrogen and oxygen atoms in total. The zero-order valence-corrected chi connectivity index (χ0v) is 16.1. The maximum Gasteiger partial charge on any atom is 0.222 e. The van der Waals surface area contributed by atoms with Gasteiger partial charge in [-0.1, -0.05) is 12.1 Å². The van der Waals surface area contributed by atoms with Crippen molar-refractivity contribution in [2.24, 2.45) is 5.73 Å². The topological polar surface area (TPSA) is 67.6 Å². The summed E-state index contributed by atoms with van der Waals surface area (Å²) in [4.78, 5) is 14.3. The van der Waals surface area contributed by atoms with Crippen molar-refractivity contribution < 1.29 is 13.9 Å². The van der Waals surface area contributed by atoms with Crippen molar-refractivity contribution in [2.75, 3.05) is 26.7 Å². The molecule has 1 aliphatic heterocycles. The van der Waals surface area contributed by atoms with Gasteiger partial charge in [0.1, 0.15) is 5.82 Å². The highest BCUT2D eigenvalue weighted by molar-refractivity contribution is 5.85. The zero-order valence-electron chi connectivity index (χ0n) is 14.4. The average Bonchev–Trinajstić information content (AvgIpc) is 2.56. The van der Waals surface area contributed by atoms with Crippen molar-refractivity contribution in [3.8, 4) is 0 Å². The molecular weight excluding hydrogens is 368 g/mol. The number of benzene rings is 1. The Morgan fingerprint density at radius 1 is 1.32 bits per heavy atom. The van der Waals surface area contributed by atoms with Crippen LogP contribution in [-0.2, 0) is 16.1 Å². The number of rotatable bonds is 7. The van der Waals surface area contributed by atoms with Crippen molar-refractivity contribution in [3.63, 3.8) is 0 Å². The predicted molar refractivity (Wildman–Crippen MR) is 102 cm³/mol. The normalized spacial score (nSPS) is 16.4. The van der Waals surface area contributed by atoms with Crippen molar-refractivity contribution >= 4 is 30.7 Å². The van der Waals surface area contributed by atoms with Gasteiger partial charge in [0.25, 0.3) is 0 Å². The minimum absolute atomic E-state index is 0. The molecule has 1 unspecified atom stereocenters. The summed E-state index contributed by atoms with van der Waals surface area (Å²) in [5.41, 5.74) is 6.64. The van der Waals surface area contributed by atoms with Gasteiger partial charge in [0.15, 0.2) is 0 Å². The molecule has 1 aromatic carbocycles. The summed E-state index contributed by atoms with van der Waals surface area (Å²) >= 11 is 0. The Hall–Kier alpha value is -0.920. The van der Waals surface area contributed by atoms with Gasteiger partial charge >= 0.3 is 0 Å². The van der Waals surface area contributed by atoms with Crippen LogP contribution in [0.4, 0.5) is 4.39 Å². The average molecular weight is 396 g/mol. The lowest BCUT2D eigenvalue weighted by Crippen LogP contribution is -2.45. The second-order valence-electron chi connectivity index (χ2n) is 6.04. The summed E-state index contributed by atoms with van der Waals surface area (Å²) < 4.78 is 18.0. The van der Waals surface area contributed by atoms with E-state index >= 15 is 0 Å². The molecule has 0 aliphatic carbocycles. The lowest BCUT2D eigenvalue weighted by atomic mass is 10.0. The number of hydrogen-bond donors (Lipinski definition) is 2. The van der Waals surface area contributed by atoms with Crippen molar-refractivity contribution in [1.82, 2.24) is 10.2 Å². The highest BCUT2D eigenvalue weighted by atomic mass is 35.5. The van der Waals surface area contributed by atoms with Crippen LogP contribution in [0.1, 0.15) is 24.8 Å². The standard InChI is InChI=1S/C17H26FN3O2.2ClH/c1-23-16(11-19)10-17(22)20-15-6-8-21(9-7-15)12-13-2-4-14(18)5-3-13;;/h2-5,15-16H,6-12,19H2,1H3,(H,20,22);2*1H. The van der Waals surface area contributed by atoms with E-state index in [-0.39, 0.29) is 48.7 Å². The first kappa shape index (κ1) is 24.1. The summed E-state index contributed by atoms with van der Waals surface area (Å²) in [5.74, 6) is -0.207. The molecular formula is C17H28Cl2FN3O2. The van der Waals surface area contributed by atoms with Gasteiger partial charge in [0.05, 0.1) is 12.5 Å². The number of nitrogens with two attached hydrogens (primary N) is 1. The first-order valence-corrected chi connectivity index (χ1v) is 8.09. The molecule has 0 spiro atoms. The fraction of sp³-hybridized carbons (Fsp3) is 0.588. The van der Waals surface area contributed by atoms with E-state index in [1.54, 1.807) is 7.11 Å². The Balaban J connectivity index is 0.00000288. The van der Waals surface area contributed by atoms with Crippen molar-refractivity contribution in [2.45, 2.75) is 38.0 Å². The van der Waals surface area contributed by atoms with E-state index in [1.807, 2.05) is 12.1 Å². The molecule has 1 aromatic rings. The van der Waals surface area contributed by atoms with Gasteiger partial charge in [0, 0.05) is 39.3 Å². The Labute approximate surface area is 161 Å². The van der Waals surface area contributed by atoms with Crippen LogP contribution in [-0.4, -0.2) is 49.7 Å². The number of amides is 1. The molecule has 1 atom stereocenters. The minimum Gasteiger partial charge on any atom is -0.380 e. The van der Waals surface area contributed by atoms with Crippen LogP contribution in [0.25, 0.3) is 0 Å². The molecule has 0 bridgehead atoms. The molecule has 144 valence electrons. The first-order valence-electron chi connectivity index (χ1n) is 8.09. The van der Waals surface area contributed by atoms with Crippen LogP contribution in [0, 0.1) is 5.82 Å². The third-order valence-electron chi connectivity index (χ3n) is 4.28. The van der Waals surface area contributed by atoms with Crippen LogP contribution in [0.2, 0.25) is 0 Å². The monoisotopic (exact) mass is 395 g/mol. The van der Waals surface area contributed by atoms with E-state index in [1.165, 1.54) is 12.1 Å². The lowest BCUT2D eigenvalue weighted by molar-refractivity contribution is -0.124. The van der Waals surface area contributed by atoms with Crippen molar-refractivity contribution in [1.29, 1.82) is 0 Å². The Morgan fingerprint density at radius 2 is 1.92 bits per heavy atom. The number of likely N-dealkylation sites (tertiary alicyclic amines) is 1. The number of piperidine rings is 1. The van der Waals surface area contributed by atoms with E-state index in [9.17, 15) is 9.18 Å². The zero-order chi connectivity index (χ0) is 16.7. The van der Waals surface area contributed by atoms with Gasteiger partial charge in [-0.3, -0.25) is 9.69 Å². The number of nitrogens with one attached hydrogen (secondary N) is 1. The van der Waals surface area contributed by atoms with Crippen molar-refractivity contribution in [3.05, 3.63) is 35.6 Å². The number of halogens is 3. The van der Waals surface area contributed by atoms with E-state index in [0.29, 0.717) is 13.0 Å². The number of hydrogen-bond acceptors (Lipinski definition) is 4. The minimum atomic E-state index is -0.214. The van der Waals surface area contributed by atoms with Crippen LogP contribution in [0.15, 0.2) is 24.3 Å². The van der Waals surface area contributed by atoms with Gasteiger partial charge in [-0.2, -0.15) is 0 Å². The molecule has 1 amide bonds. The Bertz CT molecular complexity index is 493. The number of carbonyl (C=O) groups is 1. The van der Waals surface area contributed by atoms with Crippen LogP contribution < -0.4 is 11.1 Å². The Kier molecular flexibility index (Phi) is 12.0. The lowest BCUT2D eigenvalue weighted by Gasteiger charge is -2.32. The molecule has 1 aliphatic rings. The van der Waals surface area contributed by atoms with Crippen LogP contribution in [0.3, 0.4) is 0 Å². The number of carbonyl (C=O) groups excluding carboxylic acids is 1.